The van der Waals surface area contributed by atoms with E-state index in [1.54, 1.807) is 4.90 Å². The van der Waals surface area contributed by atoms with Crippen molar-refractivity contribution in [1.29, 1.82) is 0 Å². The van der Waals surface area contributed by atoms with Crippen molar-refractivity contribution in [2.75, 3.05) is 18.0 Å². The molecule has 0 bridgehead atoms. The molecule has 2 rings (SSSR count). The van der Waals surface area contributed by atoms with E-state index in [1.165, 1.54) is 0 Å². The molecule has 1 aliphatic heterocycles. The Kier molecular flexibility index (Phi) is 2.15. The normalized spacial score (nSPS) is 18.4. The standard InChI is InChI=1S/C7H7F3N2OS/c8-7(9,10)5-3-14-6(11-5)12-1-4(13)2-12/h3-4,13H,1-2H2. The van der Waals surface area contributed by atoms with Gasteiger partial charge in [0.15, 0.2) is 10.8 Å². The van der Waals surface area contributed by atoms with Crippen LogP contribution in [0.3, 0.4) is 0 Å². The number of thiazole rings is 1. The zero-order chi connectivity index (χ0) is 10.3. The maximum Gasteiger partial charge on any atom is 0.434 e. The number of β-amino-alcohol motifs (C(OH)–C–C–N with tert-alkyl or cyclic N) is 1. The molecule has 78 valence electrons. The molecule has 0 amide bonds. The summed E-state index contributed by atoms with van der Waals surface area (Å²) >= 11 is 0.946. The SMILES string of the molecule is OC1CN(c2nc(C(F)(F)F)cs2)C1. The molecule has 14 heavy (non-hydrogen) atoms. The van der Waals surface area contributed by atoms with Gasteiger partial charge in [-0.05, 0) is 0 Å². The lowest BCUT2D eigenvalue weighted by molar-refractivity contribution is -0.140. The number of hydrogen-bond donors (Lipinski definition) is 1. The van der Waals surface area contributed by atoms with Crippen molar-refractivity contribution in [2.45, 2.75) is 12.3 Å². The summed E-state index contributed by atoms with van der Waals surface area (Å²) in [5.74, 6) is 0. The van der Waals surface area contributed by atoms with Gasteiger partial charge in [-0.2, -0.15) is 13.2 Å². The fourth-order valence-electron chi connectivity index (χ4n) is 1.15. The third kappa shape index (κ3) is 1.69. The lowest BCUT2D eigenvalue weighted by Gasteiger charge is -2.35. The van der Waals surface area contributed by atoms with Crippen molar-refractivity contribution in [3.63, 3.8) is 0 Å². The van der Waals surface area contributed by atoms with E-state index in [2.05, 4.69) is 4.98 Å². The highest BCUT2D eigenvalue weighted by atomic mass is 32.1. The predicted octanol–water partition coefficient (Wildman–Crippen LogP) is 1.34. The molecular weight excluding hydrogens is 217 g/mol. The lowest BCUT2D eigenvalue weighted by atomic mass is 10.2. The van der Waals surface area contributed by atoms with Crippen LogP contribution < -0.4 is 4.90 Å². The number of aliphatic hydroxyl groups excluding tert-OH is 1. The first-order valence-corrected chi connectivity index (χ1v) is 4.80. The molecule has 0 radical (unpaired) electrons. The molecule has 1 aromatic rings. The van der Waals surface area contributed by atoms with Gasteiger partial charge in [0, 0.05) is 18.5 Å². The summed E-state index contributed by atoms with van der Waals surface area (Å²) in [6.07, 6.45) is -4.81. The summed E-state index contributed by atoms with van der Waals surface area (Å²) in [4.78, 5) is 5.06. The van der Waals surface area contributed by atoms with Gasteiger partial charge in [-0.15, -0.1) is 11.3 Å². The van der Waals surface area contributed by atoms with Crippen LogP contribution >= 0.6 is 11.3 Å². The van der Waals surface area contributed by atoms with Crippen molar-refractivity contribution in [1.82, 2.24) is 4.98 Å². The highest BCUT2D eigenvalue weighted by Crippen LogP contribution is 2.34. The summed E-state index contributed by atoms with van der Waals surface area (Å²) in [6, 6.07) is 0. The van der Waals surface area contributed by atoms with Crippen molar-refractivity contribution in [3.8, 4) is 0 Å². The van der Waals surface area contributed by atoms with E-state index in [0.29, 0.717) is 18.2 Å². The minimum absolute atomic E-state index is 0.322. The van der Waals surface area contributed by atoms with Crippen LogP contribution in [-0.4, -0.2) is 29.3 Å². The highest BCUT2D eigenvalue weighted by Gasteiger charge is 2.35. The maximum absolute atomic E-state index is 12.1. The van der Waals surface area contributed by atoms with Crippen LogP contribution in [0.2, 0.25) is 0 Å². The Balaban J connectivity index is 2.11. The van der Waals surface area contributed by atoms with E-state index in [-0.39, 0.29) is 0 Å². The molecule has 0 spiro atoms. The molecule has 7 heteroatoms. The fraction of sp³-hybridized carbons (Fsp3) is 0.571. The van der Waals surface area contributed by atoms with Crippen LogP contribution in [0.25, 0.3) is 0 Å². The van der Waals surface area contributed by atoms with Crippen LogP contribution in [0, 0.1) is 0 Å². The minimum Gasteiger partial charge on any atom is -0.389 e. The van der Waals surface area contributed by atoms with E-state index < -0.39 is 18.0 Å². The molecule has 2 heterocycles. The quantitative estimate of drug-likeness (QED) is 0.782. The molecule has 0 saturated carbocycles. The lowest BCUT2D eigenvalue weighted by Crippen LogP contribution is -2.50. The highest BCUT2D eigenvalue weighted by molar-refractivity contribution is 7.13. The first-order valence-electron chi connectivity index (χ1n) is 3.92. The third-order valence-electron chi connectivity index (χ3n) is 1.92. The van der Waals surface area contributed by atoms with Crippen LogP contribution in [0.4, 0.5) is 18.3 Å². The molecule has 1 aliphatic rings. The Bertz CT molecular complexity index is 332. The summed E-state index contributed by atoms with van der Waals surface area (Å²) in [6.45, 7) is 0.732. The number of anilines is 1. The van der Waals surface area contributed by atoms with Gasteiger partial charge in [-0.1, -0.05) is 0 Å². The van der Waals surface area contributed by atoms with Crippen LogP contribution in [-0.2, 0) is 6.18 Å². The van der Waals surface area contributed by atoms with Crippen molar-refractivity contribution in [2.24, 2.45) is 0 Å². The number of rotatable bonds is 1. The number of halogens is 3. The first-order chi connectivity index (χ1) is 6.47. The zero-order valence-electron chi connectivity index (χ0n) is 6.95. The third-order valence-corrected chi connectivity index (χ3v) is 2.82. The number of aliphatic hydroxyl groups is 1. The Morgan fingerprint density at radius 1 is 1.50 bits per heavy atom. The smallest absolute Gasteiger partial charge is 0.389 e. The predicted molar refractivity (Wildman–Crippen MR) is 45.3 cm³/mol. The average molecular weight is 224 g/mol. The van der Waals surface area contributed by atoms with Gasteiger partial charge < -0.3 is 10.0 Å². The number of aromatic nitrogens is 1. The van der Waals surface area contributed by atoms with Gasteiger partial charge in [0.1, 0.15) is 0 Å². The van der Waals surface area contributed by atoms with Crippen LogP contribution in [0.15, 0.2) is 5.38 Å². The molecule has 3 nitrogen and oxygen atoms in total. The number of hydrogen-bond acceptors (Lipinski definition) is 4. The van der Waals surface area contributed by atoms with E-state index in [4.69, 9.17) is 5.11 Å². The summed E-state index contributed by atoms with van der Waals surface area (Å²) in [7, 11) is 0. The van der Waals surface area contributed by atoms with Crippen LogP contribution in [0.5, 0.6) is 0 Å². The first kappa shape index (κ1) is 9.72. The average Bonchev–Trinajstić information content (AvgIpc) is 2.45. The second kappa shape index (κ2) is 3.09. The van der Waals surface area contributed by atoms with Gasteiger partial charge in [-0.25, -0.2) is 4.98 Å². The Morgan fingerprint density at radius 2 is 2.14 bits per heavy atom. The second-order valence-electron chi connectivity index (χ2n) is 3.07. The molecule has 0 aromatic carbocycles. The van der Waals surface area contributed by atoms with E-state index >= 15 is 0 Å². The Morgan fingerprint density at radius 3 is 2.57 bits per heavy atom. The molecule has 0 aliphatic carbocycles. The van der Waals surface area contributed by atoms with Gasteiger partial charge in [0.2, 0.25) is 0 Å². The van der Waals surface area contributed by atoms with E-state index in [1.807, 2.05) is 0 Å². The van der Waals surface area contributed by atoms with Crippen molar-refractivity contribution in [3.05, 3.63) is 11.1 Å². The Labute approximate surface area is 81.8 Å². The molecule has 0 atom stereocenters. The minimum atomic E-state index is -4.38. The van der Waals surface area contributed by atoms with Crippen molar-refractivity contribution >= 4 is 16.5 Å². The summed E-state index contributed by atoms with van der Waals surface area (Å²) in [5.41, 5.74) is -0.862. The zero-order valence-corrected chi connectivity index (χ0v) is 7.77. The van der Waals surface area contributed by atoms with Crippen LogP contribution in [0.1, 0.15) is 5.69 Å². The Hall–Kier alpha value is -0.820. The number of alkyl halides is 3. The molecular formula is C7H7F3N2OS. The summed E-state index contributed by atoms with van der Waals surface area (Å²) < 4.78 is 36.4. The summed E-state index contributed by atoms with van der Waals surface area (Å²) in [5, 5.41) is 10.3. The largest absolute Gasteiger partial charge is 0.434 e. The van der Waals surface area contributed by atoms with Gasteiger partial charge in [0.25, 0.3) is 0 Å². The molecule has 0 unspecified atom stereocenters. The van der Waals surface area contributed by atoms with Gasteiger partial charge >= 0.3 is 6.18 Å². The molecule has 1 N–H and O–H groups in total. The number of nitrogens with zero attached hydrogens (tertiary/aromatic N) is 2. The van der Waals surface area contributed by atoms with Gasteiger partial charge in [-0.3, -0.25) is 0 Å². The molecule has 1 fully saturated rings. The fourth-order valence-corrected chi connectivity index (χ4v) is 2.00. The van der Waals surface area contributed by atoms with Gasteiger partial charge in [0.05, 0.1) is 6.10 Å². The monoisotopic (exact) mass is 224 g/mol. The maximum atomic E-state index is 12.1. The topological polar surface area (TPSA) is 36.4 Å². The van der Waals surface area contributed by atoms with E-state index in [9.17, 15) is 13.2 Å². The van der Waals surface area contributed by atoms with Crippen molar-refractivity contribution < 1.29 is 18.3 Å². The van der Waals surface area contributed by atoms with E-state index in [0.717, 1.165) is 16.7 Å². The second-order valence-corrected chi connectivity index (χ2v) is 3.91. The molecule has 1 saturated heterocycles. The molecule has 1 aromatic heterocycles.